The van der Waals surface area contributed by atoms with Crippen LogP contribution in [0.5, 0.6) is 5.75 Å². The molecule has 22 heavy (non-hydrogen) atoms. The highest BCUT2D eigenvalue weighted by molar-refractivity contribution is 9.10. The third-order valence-electron chi connectivity index (χ3n) is 3.20. The van der Waals surface area contributed by atoms with Gasteiger partial charge in [-0.05, 0) is 41.9 Å². The van der Waals surface area contributed by atoms with Crippen molar-refractivity contribution in [3.63, 3.8) is 0 Å². The molecule has 2 N–H and O–H groups in total. The molecule has 5 nitrogen and oxygen atoms in total. The highest BCUT2D eigenvalue weighted by Crippen LogP contribution is 2.30. The SMILES string of the molecule is COC(=O)c1ccc(C)cc1[C@@H](C)Oc1cc(Br)cnc1N. The number of aryl methyl sites for hydroxylation is 1. The third-order valence-corrected chi connectivity index (χ3v) is 3.64. The first-order valence-corrected chi connectivity index (χ1v) is 7.48. The number of nitrogen functional groups attached to an aromatic ring is 1. The minimum atomic E-state index is -0.397. The lowest BCUT2D eigenvalue weighted by molar-refractivity contribution is 0.0595. The predicted octanol–water partition coefficient (Wildman–Crippen LogP) is 3.66. The molecule has 6 heteroatoms. The van der Waals surface area contributed by atoms with Gasteiger partial charge in [-0.15, -0.1) is 0 Å². The van der Waals surface area contributed by atoms with Crippen molar-refractivity contribution in [2.24, 2.45) is 0 Å². The Kier molecular flexibility index (Phi) is 5.03. The van der Waals surface area contributed by atoms with E-state index in [1.165, 1.54) is 7.11 Å². The number of hydrogen-bond acceptors (Lipinski definition) is 5. The molecular weight excluding hydrogens is 348 g/mol. The number of esters is 1. The zero-order valence-electron chi connectivity index (χ0n) is 12.6. The van der Waals surface area contributed by atoms with Gasteiger partial charge in [-0.1, -0.05) is 17.7 Å². The third kappa shape index (κ3) is 3.57. The molecule has 0 saturated heterocycles. The van der Waals surface area contributed by atoms with Crippen molar-refractivity contribution in [3.05, 3.63) is 51.6 Å². The summed E-state index contributed by atoms with van der Waals surface area (Å²) in [5.74, 6) is 0.354. The van der Waals surface area contributed by atoms with Crippen molar-refractivity contribution in [1.29, 1.82) is 0 Å². The Hall–Kier alpha value is -2.08. The van der Waals surface area contributed by atoms with Crippen LogP contribution < -0.4 is 10.5 Å². The fraction of sp³-hybridized carbons (Fsp3) is 0.250. The largest absolute Gasteiger partial charge is 0.482 e. The van der Waals surface area contributed by atoms with E-state index in [9.17, 15) is 4.79 Å². The summed E-state index contributed by atoms with van der Waals surface area (Å²) in [7, 11) is 1.35. The quantitative estimate of drug-likeness (QED) is 0.837. The second kappa shape index (κ2) is 6.79. The van der Waals surface area contributed by atoms with Gasteiger partial charge in [0, 0.05) is 16.2 Å². The van der Waals surface area contributed by atoms with Gasteiger partial charge in [0.05, 0.1) is 12.7 Å². The number of ether oxygens (including phenoxy) is 2. The van der Waals surface area contributed by atoms with E-state index in [2.05, 4.69) is 20.9 Å². The minimum Gasteiger partial charge on any atom is -0.482 e. The van der Waals surface area contributed by atoms with Crippen LogP contribution in [0.25, 0.3) is 0 Å². The Morgan fingerprint density at radius 3 is 2.77 bits per heavy atom. The number of pyridine rings is 1. The molecule has 116 valence electrons. The standard InChI is InChI=1S/C16H17BrN2O3/c1-9-4-5-12(16(20)21-3)13(6-9)10(2)22-14-7-11(17)8-19-15(14)18/h4-8,10H,1-3H3,(H2,18,19)/t10-/m1/s1. The van der Waals surface area contributed by atoms with Crippen LogP contribution in [0.15, 0.2) is 34.9 Å². The van der Waals surface area contributed by atoms with Crippen molar-refractivity contribution in [2.75, 3.05) is 12.8 Å². The lowest BCUT2D eigenvalue weighted by atomic mass is 10.0. The summed E-state index contributed by atoms with van der Waals surface area (Å²) in [5.41, 5.74) is 8.06. The van der Waals surface area contributed by atoms with Gasteiger partial charge in [-0.25, -0.2) is 9.78 Å². The number of benzene rings is 1. The zero-order valence-corrected chi connectivity index (χ0v) is 14.2. The number of methoxy groups -OCH3 is 1. The first-order valence-electron chi connectivity index (χ1n) is 6.69. The van der Waals surface area contributed by atoms with Crippen LogP contribution in [-0.4, -0.2) is 18.1 Å². The molecule has 0 bridgehead atoms. The maximum atomic E-state index is 11.9. The van der Waals surface area contributed by atoms with Crippen molar-refractivity contribution < 1.29 is 14.3 Å². The second-order valence-corrected chi connectivity index (χ2v) is 5.79. The minimum absolute atomic E-state index is 0.294. The van der Waals surface area contributed by atoms with Crippen molar-refractivity contribution in [3.8, 4) is 5.75 Å². The summed E-state index contributed by atoms with van der Waals surface area (Å²) in [5, 5.41) is 0. The predicted molar refractivity (Wildman–Crippen MR) is 87.9 cm³/mol. The van der Waals surface area contributed by atoms with Gasteiger partial charge in [0.15, 0.2) is 11.6 Å². The maximum Gasteiger partial charge on any atom is 0.338 e. The first-order chi connectivity index (χ1) is 10.4. The van der Waals surface area contributed by atoms with E-state index in [4.69, 9.17) is 15.2 Å². The lowest BCUT2D eigenvalue weighted by Crippen LogP contribution is -2.12. The van der Waals surface area contributed by atoms with Crippen LogP contribution in [0, 0.1) is 6.92 Å². The molecule has 2 rings (SSSR count). The highest BCUT2D eigenvalue weighted by Gasteiger charge is 2.19. The molecule has 1 aromatic heterocycles. The molecule has 0 amide bonds. The molecule has 0 spiro atoms. The summed E-state index contributed by atoms with van der Waals surface area (Å²) in [4.78, 5) is 15.9. The van der Waals surface area contributed by atoms with Gasteiger partial charge < -0.3 is 15.2 Å². The van der Waals surface area contributed by atoms with Gasteiger partial charge in [0.2, 0.25) is 0 Å². The number of carbonyl (C=O) groups excluding carboxylic acids is 1. The summed E-state index contributed by atoms with van der Waals surface area (Å²) < 4.78 is 11.5. The molecule has 0 aliphatic carbocycles. The van der Waals surface area contributed by atoms with Gasteiger partial charge in [0.25, 0.3) is 0 Å². The fourth-order valence-electron chi connectivity index (χ4n) is 2.09. The van der Waals surface area contributed by atoms with E-state index in [0.29, 0.717) is 17.1 Å². The summed E-state index contributed by atoms with van der Waals surface area (Å²) in [6.45, 7) is 3.80. The highest BCUT2D eigenvalue weighted by atomic mass is 79.9. The summed E-state index contributed by atoms with van der Waals surface area (Å²) in [6, 6.07) is 7.24. The van der Waals surface area contributed by atoms with Gasteiger partial charge in [-0.2, -0.15) is 0 Å². The number of carbonyl (C=O) groups is 1. The molecular formula is C16H17BrN2O3. The van der Waals surface area contributed by atoms with Gasteiger partial charge in [0.1, 0.15) is 6.10 Å². The number of nitrogens with two attached hydrogens (primary N) is 1. The average molecular weight is 365 g/mol. The molecule has 1 atom stereocenters. The number of anilines is 1. The number of halogens is 1. The van der Waals surface area contributed by atoms with Crippen LogP contribution in [-0.2, 0) is 4.74 Å². The smallest absolute Gasteiger partial charge is 0.338 e. The number of rotatable bonds is 4. The van der Waals surface area contributed by atoms with E-state index >= 15 is 0 Å². The molecule has 0 saturated carbocycles. The Labute approximate surface area is 137 Å². The summed E-state index contributed by atoms with van der Waals surface area (Å²) in [6.07, 6.45) is 1.21. The number of nitrogens with zero attached hydrogens (tertiary/aromatic N) is 1. The lowest BCUT2D eigenvalue weighted by Gasteiger charge is -2.19. The summed E-state index contributed by atoms with van der Waals surface area (Å²) >= 11 is 3.33. The van der Waals surface area contributed by atoms with Crippen molar-refractivity contribution in [2.45, 2.75) is 20.0 Å². The Morgan fingerprint density at radius 1 is 1.36 bits per heavy atom. The number of aromatic nitrogens is 1. The Bertz CT molecular complexity index is 704. The molecule has 0 fully saturated rings. The van der Waals surface area contributed by atoms with E-state index in [-0.39, 0.29) is 6.10 Å². The Balaban J connectivity index is 2.36. The molecule has 0 aliphatic rings. The van der Waals surface area contributed by atoms with Gasteiger partial charge in [-0.3, -0.25) is 0 Å². The van der Waals surface area contributed by atoms with Crippen molar-refractivity contribution >= 4 is 27.7 Å². The van der Waals surface area contributed by atoms with Crippen molar-refractivity contribution in [1.82, 2.24) is 4.98 Å². The maximum absolute atomic E-state index is 11.9. The molecule has 0 unspecified atom stereocenters. The monoisotopic (exact) mass is 364 g/mol. The van der Waals surface area contributed by atoms with Crippen LogP contribution in [0.2, 0.25) is 0 Å². The van der Waals surface area contributed by atoms with E-state index in [1.807, 2.05) is 26.0 Å². The zero-order chi connectivity index (χ0) is 16.3. The Morgan fingerprint density at radius 2 is 2.09 bits per heavy atom. The second-order valence-electron chi connectivity index (χ2n) is 4.88. The molecule has 1 aromatic carbocycles. The topological polar surface area (TPSA) is 74.4 Å². The first kappa shape index (κ1) is 16.3. The normalized spacial score (nSPS) is 11.8. The average Bonchev–Trinajstić information content (AvgIpc) is 2.50. The van der Waals surface area contributed by atoms with E-state index < -0.39 is 5.97 Å². The molecule has 1 heterocycles. The van der Waals surface area contributed by atoms with E-state index in [1.54, 1.807) is 18.3 Å². The van der Waals surface area contributed by atoms with E-state index in [0.717, 1.165) is 15.6 Å². The van der Waals surface area contributed by atoms with Crippen LogP contribution in [0.3, 0.4) is 0 Å². The fourth-order valence-corrected chi connectivity index (χ4v) is 2.40. The molecule has 0 radical (unpaired) electrons. The van der Waals surface area contributed by atoms with Crippen LogP contribution in [0.4, 0.5) is 5.82 Å². The van der Waals surface area contributed by atoms with Crippen LogP contribution >= 0.6 is 15.9 Å². The number of hydrogen-bond donors (Lipinski definition) is 1. The molecule has 0 aliphatic heterocycles. The van der Waals surface area contributed by atoms with Gasteiger partial charge >= 0.3 is 5.97 Å². The molecule has 2 aromatic rings. The van der Waals surface area contributed by atoms with Crippen LogP contribution in [0.1, 0.15) is 34.5 Å².